The number of hydrogen-bond acceptors (Lipinski definition) is 5. The number of fused-ring (bicyclic) bond motifs is 12. The molecule has 0 radical (unpaired) electrons. The van der Waals surface area contributed by atoms with Crippen molar-refractivity contribution in [1.82, 2.24) is 0 Å². The van der Waals surface area contributed by atoms with Crippen LogP contribution in [0, 0.1) is 0 Å². The summed E-state index contributed by atoms with van der Waals surface area (Å²) in [7, 11) is 0. The van der Waals surface area contributed by atoms with Gasteiger partial charge in [0.15, 0.2) is 5.58 Å². The molecule has 13 aromatic rings. The van der Waals surface area contributed by atoms with Gasteiger partial charge in [-0.15, -0.1) is 0 Å². The molecular weight excluding hydrogens is 821 g/mol. The number of rotatable bonds is 8. The Hall–Kier alpha value is -8.28. The summed E-state index contributed by atoms with van der Waals surface area (Å²) in [6.07, 6.45) is 0. The smallest absolute Gasteiger partial charge is 0.159 e. The maximum absolute atomic E-state index is 6.73. The largest absolute Gasteiger partial charge is 0.456 e. The van der Waals surface area contributed by atoms with Gasteiger partial charge < -0.3 is 23.1 Å². The van der Waals surface area contributed by atoms with Crippen LogP contribution in [0.3, 0.4) is 0 Å². The molecular formula is C62H46N2O3. The first-order valence-electron chi connectivity index (χ1n) is 23.3. The molecule has 0 atom stereocenters. The Kier molecular flexibility index (Phi) is 8.84. The van der Waals surface area contributed by atoms with Crippen LogP contribution in [0.4, 0.5) is 34.1 Å². The third kappa shape index (κ3) is 6.37. The summed E-state index contributed by atoms with van der Waals surface area (Å²) in [6, 6.07) is 69.6. The van der Waals surface area contributed by atoms with Crippen LogP contribution in [-0.4, -0.2) is 0 Å². The maximum atomic E-state index is 6.73. The highest BCUT2D eigenvalue weighted by molar-refractivity contribution is 6.28. The molecule has 67 heavy (non-hydrogen) atoms. The van der Waals surface area contributed by atoms with Crippen molar-refractivity contribution in [3.63, 3.8) is 0 Å². The van der Waals surface area contributed by atoms with Crippen molar-refractivity contribution in [2.75, 3.05) is 9.80 Å². The van der Waals surface area contributed by atoms with Crippen molar-refractivity contribution >= 4 is 121 Å². The first-order chi connectivity index (χ1) is 32.8. The lowest BCUT2D eigenvalue weighted by Gasteiger charge is -2.26. The third-order valence-electron chi connectivity index (χ3n) is 13.7. The fraction of sp³-hybridized carbons (Fsp3) is 0.0968. The van der Waals surface area contributed by atoms with E-state index >= 15 is 0 Å². The normalized spacial score (nSPS) is 12.1. The second kappa shape index (κ2) is 15.1. The van der Waals surface area contributed by atoms with E-state index in [0.717, 1.165) is 121 Å². The van der Waals surface area contributed by atoms with Gasteiger partial charge in [-0.3, -0.25) is 0 Å². The summed E-state index contributed by atoms with van der Waals surface area (Å²) >= 11 is 0. The Bertz CT molecular complexity index is 3990. The lowest BCUT2D eigenvalue weighted by atomic mass is 10.00. The first-order valence-corrected chi connectivity index (χ1v) is 23.3. The third-order valence-corrected chi connectivity index (χ3v) is 13.7. The molecule has 322 valence electrons. The van der Waals surface area contributed by atoms with Gasteiger partial charge in [0.2, 0.25) is 0 Å². The number of para-hydroxylation sites is 3. The van der Waals surface area contributed by atoms with Crippen LogP contribution < -0.4 is 9.80 Å². The van der Waals surface area contributed by atoms with Gasteiger partial charge in [0.25, 0.3) is 0 Å². The standard InChI is InChI=1S/C62H46N2O3/c1-37(2)39-17-23-46(24-18-39)63(47-25-19-40(20-26-47)38(3)4)48-27-21-41-33-52-58(35-43(41)31-48)65-56-29-30-57-61(60(52)56)53-34-42-22-28-49(32-44(42)36-59(53)66-57)64(45-11-6-5-7-12-45)54-15-10-14-51-50-13-8-9-16-55(50)67-62(51)54/h5-38H,1-4H3. The fourth-order valence-corrected chi connectivity index (χ4v) is 10.2. The molecule has 13 rings (SSSR count). The van der Waals surface area contributed by atoms with E-state index < -0.39 is 0 Å². The van der Waals surface area contributed by atoms with Crippen LogP contribution in [-0.2, 0) is 0 Å². The molecule has 10 aromatic carbocycles. The quantitative estimate of drug-likeness (QED) is 0.152. The molecule has 0 bridgehead atoms. The number of hydrogen-bond donors (Lipinski definition) is 0. The van der Waals surface area contributed by atoms with Crippen LogP contribution in [0.25, 0.3) is 87.4 Å². The minimum absolute atomic E-state index is 0.461. The summed E-state index contributed by atoms with van der Waals surface area (Å²) < 4.78 is 20.0. The van der Waals surface area contributed by atoms with Crippen molar-refractivity contribution in [2.24, 2.45) is 0 Å². The summed E-state index contributed by atoms with van der Waals surface area (Å²) in [5.41, 5.74) is 14.1. The van der Waals surface area contributed by atoms with E-state index in [4.69, 9.17) is 13.3 Å². The molecule has 0 spiro atoms. The average molecular weight is 867 g/mol. The van der Waals surface area contributed by atoms with Crippen molar-refractivity contribution in [1.29, 1.82) is 0 Å². The van der Waals surface area contributed by atoms with E-state index in [1.165, 1.54) is 11.1 Å². The lowest BCUT2D eigenvalue weighted by Crippen LogP contribution is -2.10. The maximum Gasteiger partial charge on any atom is 0.159 e. The minimum atomic E-state index is 0.461. The second-order valence-corrected chi connectivity index (χ2v) is 18.5. The Morgan fingerprint density at radius 3 is 1.37 bits per heavy atom. The van der Waals surface area contributed by atoms with E-state index in [2.05, 4.69) is 207 Å². The van der Waals surface area contributed by atoms with Gasteiger partial charge in [-0.1, -0.05) is 113 Å². The molecule has 0 fully saturated rings. The monoisotopic (exact) mass is 866 g/mol. The van der Waals surface area contributed by atoms with Crippen LogP contribution in [0.5, 0.6) is 0 Å². The highest BCUT2D eigenvalue weighted by Gasteiger charge is 2.22. The highest BCUT2D eigenvalue weighted by atomic mass is 16.3. The van der Waals surface area contributed by atoms with Gasteiger partial charge in [0, 0.05) is 60.8 Å². The molecule has 0 saturated carbocycles. The number of anilines is 6. The number of furan rings is 3. The number of nitrogens with zero attached hydrogens (tertiary/aromatic N) is 2. The van der Waals surface area contributed by atoms with Gasteiger partial charge in [0.1, 0.15) is 27.9 Å². The molecule has 0 unspecified atom stereocenters. The molecule has 5 nitrogen and oxygen atoms in total. The zero-order valence-electron chi connectivity index (χ0n) is 37.7. The van der Waals surface area contributed by atoms with E-state index in [1.54, 1.807) is 0 Å². The minimum Gasteiger partial charge on any atom is -0.456 e. The second-order valence-electron chi connectivity index (χ2n) is 18.5. The predicted molar refractivity (Wildman–Crippen MR) is 281 cm³/mol. The van der Waals surface area contributed by atoms with Crippen molar-refractivity contribution in [3.05, 3.63) is 205 Å². The summed E-state index contributed by atoms with van der Waals surface area (Å²) in [6.45, 7) is 8.96. The van der Waals surface area contributed by atoms with Gasteiger partial charge in [-0.25, -0.2) is 0 Å². The van der Waals surface area contributed by atoms with Crippen LogP contribution in [0.2, 0.25) is 0 Å². The molecule has 0 amide bonds. The number of benzene rings is 10. The Balaban J connectivity index is 0.927. The Morgan fingerprint density at radius 2 is 0.806 bits per heavy atom. The predicted octanol–water partition coefficient (Wildman–Crippen LogP) is 18.9. The fourth-order valence-electron chi connectivity index (χ4n) is 10.2. The van der Waals surface area contributed by atoms with E-state index in [0.29, 0.717) is 11.8 Å². The molecule has 0 aliphatic rings. The first kappa shape index (κ1) is 39.1. The highest BCUT2D eigenvalue weighted by Crippen LogP contribution is 2.46. The molecule has 5 heteroatoms. The van der Waals surface area contributed by atoms with E-state index in [-0.39, 0.29) is 0 Å². The van der Waals surface area contributed by atoms with Crippen molar-refractivity contribution in [3.8, 4) is 0 Å². The van der Waals surface area contributed by atoms with Gasteiger partial charge >= 0.3 is 0 Å². The lowest BCUT2D eigenvalue weighted by molar-refractivity contribution is 0.663. The van der Waals surface area contributed by atoms with E-state index in [1.807, 2.05) is 24.3 Å². The molecule has 3 aromatic heterocycles. The van der Waals surface area contributed by atoms with Crippen LogP contribution in [0.1, 0.15) is 50.7 Å². The van der Waals surface area contributed by atoms with E-state index in [9.17, 15) is 0 Å². The van der Waals surface area contributed by atoms with Gasteiger partial charge in [-0.2, -0.15) is 0 Å². The Labute approximate surface area is 387 Å². The molecule has 3 heterocycles. The van der Waals surface area contributed by atoms with Gasteiger partial charge in [0.05, 0.1) is 5.69 Å². The topological polar surface area (TPSA) is 45.9 Å². The average Bonchev–Trinajstić information content (AvgIpc) is 4.04. The Morgan fingerprint density at radius 1 is 0.313 bits per heavy atom. The van der Waals surface area contributed by atoms with Crippen LogP contribution >= 0.6 is 0 Å². The molecule has 0 aliphatic carbocycles. The summed E-state index contributed by atoms with van der Waals surface area (Å²) in [4.78, 5) is 4.64. The zero-order valence-corrected chi connectivity index (χ0v) is 37.7. The molecule has 0 N–H and O–H groups in total. The van der Waals surface area contributed by atoms with Crippen molar-refractivity contribution in [2.45, 2.75) is 39.5 Å². The van der Waals surface area contributed by atoms with Crippen LogP contribution in [0.15, 0.2) is 207 Å². The summed E-state index contributed by atoms with van der Waals surface area (Å²) in [5, 5.41) is 10.9. The van der Waals surface area contributed by atoms with Crippen molar-refractivity contribution < 1.29 is 13.3 Å². The molecule has 0 aliphatic heterocycles. The summed E-state index contributed by atoms with van der Waals surface area (Å²) in [5.74, 6) is 0.921. The van der Waals surface area contributed by atoms with Gasteiger partial charge in [-0.05, 0) is 154 Å². The zero-order chi connectivity index (χ0) is 44.9. The SMILES string of the molecule is CC(C)c1ccc(N(c2ccc(C(C)C)cc2)c2ccc3cc4c(cc3c2)oc2ccc3oc5cc6cc(N(c7ccccc7)c7cccc8c7oc7ccccc78)ccc6cc5c3c24)cc1. The molecule has 0 saturated heterocycles.